The zero-order valence-corrected chi connectivity index (χ0v) is 12.9. The molecule has 0 spiro atoms. The third-order valence-electron chi connectivity index (χ3n) is 3.45. The molecule has 3 atom stereocenters. The molecule has 0 heterocycles. The molecule has 0 aliphatic carbocycles. The van der Waals surface area contributed by atoms with Gasteiger partial charge in [-0.2, -0.15) is 0 Å². The van der Waals surface area contributed by atoms with Crippen LogP contribution in [0.3, 0.4) is 0 Å². The number of aliphatic carboxylic acids is 1. The number of nitrogens with one attached hydrogen (secondary N) is 1. The molecule has 0 fully saturated rings. The van der Waals surface area contributed by atoms with Crippen LogP contribution in [0.4, 0.5) is 0 Å². The topological polar surface area (TPSA) is 75.6 Å². The maximum Gasteiger partial charge on any atom is 0.326 e. The zero-order chi connectivity index (χ0) is 16.0. The minimum Gasteiger partial charge on any atom is -0.481 e. The van der Waals surface area contributed by atoms with Crippen molar-refractivity contribution in [3.8, 4) is 5.75 Å². The monoisotopic (exact) mass is 293 g/mol. The number of carboxylic acid groups (broad SMARTS) is 1. The summed E-state index contributed by atoms with van der Waals surface area (Å²) in [5, 5.41) is 11.7. The Hall–Kier alpha value is -2.04. The van der Waals surface area contributed by atoms with Crippen molar-refractivity contribution in [3.05, 3.63) is 29.8 Å². The molecular weight excluding hydrogens is 270 g/mol. The molecule has 1 rings (SSSR count). The number of carboxylic acids is 1. The summed E-state index contributed by atoms with van der Waals surface area (Å²) in [5.74, 6) is -1.00. The van der Waals surface area contributed by atoms with Crippen LogP contribution in [0.5, 0.6) is 5.75 Å². The Kier molecular flexibility index (Phi) is 6.21. The summed E-state index contributed by atoms with van der Waals surface area (Å²) in [6.07, 6.45) is -0.0811. The lowest BCUT2D eigenvalue weighted by atomic mass is 9.99. The maximum absolute atomic E-state index is 12.1. The van der Waals surface area contributed by atoms with Gasteiger partial charge >= 0.3 is 5.97 Å². The maximum atomic E-state index is 12.1. The lowest BCUT2D eigenvalue weighted by Gasteiger charge is -2.22. The van der Waals surface area contributed by atoms with Crippen LogP contribution in [0.15, 0.2) is 24.3 Å². The minimum atomic E-state index is -1.03. The molecule has 3 unspecified atom stereocenters. The van der Waals surface area contributed by atoms with E-state index in [0.717, 1.165) is 5.56 Å². The van der Waals surface area contributed by atoms with Gasteiger partial charge in [-0.05, 0) is 37.5 Å². The summed E-state index contributed by atoms with van der Waals surface area (Å²) in [7, 11) is 0. The van der Waals surface area contributed by atoms with Crippen LogP contribution in [-0.4, -0.2) is 29.1 Å². The van der Waals surface area contributed by atoms with Crippen molar-refractivity contribution in [1.29, 1.82) is 0 Å². The van der Waals surface area contributed by atoms with Crippen molar-refractivity contribution in [2.24, 2.45) is 5.92 Å². The smallest absolute Gasteiger partial charge is 0.326 e. The van der Waals surface area contributed by atoms with Gasteiger partial charge in [-0.1, -0.05) is 32.4 Å². The summed E-state index contributed by atoms with van der Waals surface area (Å²) < 4.78 is 5.55. The zero-order valence-electron chi connectivity index (χ0n) is 12.9. The standard InChI is InChI=1S/C16H23NO4/c1-5-11(3)14(16(19)20)17-15(18)12(4)21-13-8-6-7-10(2)9-13/h6-9,11-12,14H,5H2,1-4H3,(H,17,18)(H,19,20). The first-order chi connectivity index (χ1) is 9.85. The van der Waals surface area contributed by atoms with E-state index in [1.807, 2.05) is 32.0 Å². The highest BCUT2D eigenvalue weighted by atomic mass is 16.5. The van der Waals surface area contributed by atoms with Gasteiger partial charge in [0.1, 0.15) is 11.8 Å². The molecule has 116 valence electrons. The average molecular weight is 293 g/mol. The van der Waals surface area contributed by atoms with E-state index in [0.29, 0.717) is 12.2 Å². The molecule has 21 heavy (non-hydrogen) atoms. The Morgan fingerprint density at radius 2 is 2.00 bits per heavy atom. The van der Waals surface area contributed by atoms with Crippen LogP contribution in [0.25, 0.3) is 0 Å². The molecule has 0 bridgehead atoms. The number of aryl methyl sites for hydroxylation is 1. The Labute approximate surface area is 125 Å². The molecular formula is C16H23NO4. The van der Waals surface area contributed by atoms with E-state index in [2.05, 4.69) is 5.32 Å². The van der Waals surface area contributed by atoms with Gasteiger partial charge in [-0.15, -0.1) is 0 Å². The highest BCUT2D eigenvalue weighted by Gasteiger charge is 2.27. The predicted molar refractivity (Wildman–Crippen MR) is 80.3 cm³/mol. The Morgan fingerprint density at radius 3 is 2.52 bits per heavy atom. The molecule has 0 aliphatic rings. The first-order valence-electron chi connectivity index (χ1n) is 7.11. The molecule has 1 aromatic rings. The van der Waals surface area contributed by atoms with Crippen molar-refractivity contribution in [3.63, 3.8) is 0 Å². The molecule has 0 saturated heterocycles. The number of rotatable bonds is 7. The van der Waals surface area contributed by atoms with E-state index in [4.69, 9.17) is 4.74 Å². The second-order valence-electron chi connectivity index (χ2n) is 5.29. The van der Waals surface area contributed by atoms with Crippen molar-refractivity contribution < 1.29 is 19.4 Å². The molecule has 5 nitrogen and oxygen atoms in total. The fraction of sp³-hybridized carbons (Fsp3) is 0.500. The number of ether oxygens (including phenoxy) is 1. The fourth-order valence-corrected chi connectivity index (χ4v) is 1.90. The predicted octanol–water partition coefficient (Wildman–Crippen LogP) is 2.38. The summed E-state index contributed by atoms with van der Waals surface area (Å²) in [5.41, 5.74) is 1.03. The lowest BCUT2D eigenvalue weighted by Crippen LogP contribution is -2.49. The van der Waals surface area contributed by atoms with E-state index >= 15 is 0 Å². The highest BCUT2D eigenvalue weighted by molar-refractivity contribution is 5.86. The van der Waals surface area contributed by atoms with Crippen LogP contribution in [0.1, 0.15) is 32.8 Å². The van der Waals surface area contributed by atoms with Crippen LogP contribution in [0, 0.1) is 12.8 Å². The number of carbonyl (C=O) groups excluding carboxylic acids is 1. The first kappa shape index (κ1) is 17.0. The quantitative estimate of drug-likeness (QED) is 0.809. The van der Waals surface area contributed by atoms with E-state index in [1.165, 1.54) is 0 Å². The van der Waals surface area contributed by atoms with Crippen molar-refractivity contribution in [1.82, 2.24) is 5.32 Å². The molecule has 0 aromatic heterocycles. The van der Waals surface area contributed by atoms with E-state index < -0.39 is 24.0 Å². The Morgan fingerprint density at radius 1 is 1.33 bits per heavy atom. The first-order valence-corrected chi connectivity index (χ1v) is 7.11. The van der Waals surface area contributed by atoms with Gasteiger partial charge in [0, 0.05) is 0 Å². The summed E-state index contributed by atoms with van der Waals surface area (Å²) in [6, 6.07) is 6.47. The molecule has 2 N–H and O–H groups in total. The normalized spacial score (nSPS) is 14.9. The van der Waals surface area contributed by atoms with Gasteiger partial charge in [0.2, 0.25) is 0 Å². The lowest BCUT2D eigenvalue weighted by molar-refractivity contribution is -0.144. The second-order valence-corrected chi connectivity index (χ2v) is 5.29. The van der Waals surface area contributed by atoms with E-state index in [1.54, 1.807) is 19.9 Å². The number of amides is 1. The highest BCUT2D eigenvalue weighted by Crippen LogP contribution is 2.15. The average Bonchev–Trinajstić information content (AvgIpc) is 2.43. The Balaban J connectivity index is 2.67. The molecule has 0 saturated carbocycles. The molecule has 1 amide bonds. The van der Waals surface area contributed by atoms with Gasteiger partial charge in [-0.3, -0.25) is 4.79 Å². The third-order valence-corrected chi connectivity index (χ3v) is 3.45. The largest absolute Gasteiger partial charge is 0.481 e. The third kappa shape index (κ3) is 5.10. The Bertz CT molecular complexity index is 501. The van der Waals surface area contributed by atoms with E-state index in [9.17, 15) is 14.7 Å². The van der Waals surface area contributed by atoms with Crippen molar-refractivity contribution >= 4 is 11.9 Å². The van der Waals surface area contributed by atoms with Gasteiger partial charge in [-0.25, -0.2) is 4.79 Å². The fourth-order valence-electron chi connectivity index (χ4n) is 1.90. The SMILES string of the molecule is CCC(C)C(NC(=O)C(C)Oc1cccc(C)c1)C(=O)O. The van der Waals surface area contributed by atoms with Crippen LogP contribution < -0.4 is 10.1 Å². The van der Waals surface area contributed by atoms with Gasteiger partial charge in [0.05, 0.1) is 0 Å². The van der Waals surface area contributed by atoms with Crippen LogP contribution in [0.2, 0.25) is 0 Å². The number of hydrogen-bond acceptors (Lipinski definition) is 3. The molecule has 0 aliphatic heterocycles. The van der Waals surface area contributed by atoms with Crippen LogP contribution in [-0.2, 0) is 9.59 Å². The van der Waals surface area contributed by atoms with Crippen molar-refractivity contribution in [2.75, 3.05) is 0 Å². The van der Waals surface area contributed by atoms with Crippen LogP contribution >= 0.6 is 0 Å². The summed E-state index contributed by atoms with van der Waals surface area (Å²) >= 11 is 0. The van der Waals surface area contributed by atoms with Gasteiger partial charge < -0.3 is 15.2 Å². The van der Waals surface area contributed by atoms with Gasteiger partial charge in [0.25, 0.3) is 5.91 Å². The van der Waals surface area contributed by atoms with Crippen molar-refractivity contribution in [2.45, 2.75) is 46.3 Å². The molecule has 1 aromatic carbocycles. The molecule has 0 radical (unpaired) electrons. The minimum absolute atomic E-state index is 0.141. The second kappa shape index (κ2) is 7.67. The summed E-state index contributed by atoms with van der Waals surface area (Å²) in [6.45, 7) is 7.22. The molecule has 5 heteroatoms. The summed E-state index contributed by atoms with van der Waals surface area (Å²) in [4.78, 5) is 23.3. The van der Waals surface area contributed by atoms with E-state index in [-0.39, 0.29) is 5.92 Å². The number of carbonyl (C=O) groups is 2. The van der Waals surface area contributed by atoms with Gasteiger partial charge in [0.15, 0.2) is 6.10 Å². The number of hydrogen-bond donors (Lipinski definition) is 2. The number of benzene rings is 1.